The quantitative estimate of drug-likeness (QED) is 0.111. The Morgan fingerprint density at radius 1 is 0.922 bits per heavy atom. The molecule has 2 aliphatic rings. The van der Waals surface area contributed by atoms with E-state index in [1.165, 1.54) is 23.9 Å². The van der Waals surface area contributed by atoms with Crippen molar-refractivity contribution in [1.29, 1.82) is 0 Å². The molecule has 0 spiro atoms. The van der Waals surface area contributed by atoms with Crippen molar-refractivity contribution in [3.8, 4) is 17.2 Å². The molecular formula is C43H50F2N2O4. The van der Waals surface area contributed by atoms with Crippen molar-refractivity contribution in [2.24, 2.45) is 5.92 Å². The number of ketones is 1. The van der Waals surface area contributed by atoms with E-state index in [9.17, 15) is 14.3 Å². The van der Waals surface area contributed by atoms with Crippen molar-refractivity contribution in [3.05, 3.63) is 118 Å². The average molecular weight is 697 g/mol. The smallest absolute Gasteiger partial charge is 0.165 e. The van der Waals surface area contributed by atoms with Gasteiger partial charge in [0, 0.05) is 66.8 Å². The summed E-state index contributed by atoms with van der Waals surface area (Å²) in [5.41, 5.74) is 6.56. The predicted octanol–water partition coefficient (Wildman–Crippen LogP) is 9.06. The molecule has 8 heteroatoms. The zero-order valence-corrected chi connectivity index (χ0v) is 30.3. The lowest BCUT2D eigenvalue weighted by molar-refractivity contribution is 0.0938. The number of carbonyl (C=O) groups excluding carboxylic acids is 1. The van der Waals surface area contributed by atoms with E-state index in [2.05, 4.69) is 28.9 Å². The SMILES string of the molecule is CCc1cc(N2CCN(CCCCCOc3ccc(C4c5ccc(O)cc5OCC4c4ccc(F)cc4C)cc3F)CC2)ccc1C(=O)C(C)C. The van der Waals surface area contributed by atoms with Gasteiger partial charge in [-0.15, -0.1) is 0 Å². The molecule has 0 bridgehead atoms. The van der Waals surface area contributed by atoms with Gasteiger partial charge in [0.2, 0.25) is 0 Å². The van der Waals surface area contributed by atoms with Crippen LogP contribution in [0, 0.1) is 24.5 Å². The number of aromatic hydroxyl groups is 1. The molecular weight excluding hydrogens is 646 g/mol. The summed E-state index contributed by atoms with van der Waals surface area (Å²) >= 11 is 0. The Morgan fingerprint density at radius 2 is 1.71 bits per heavy atom. The van der Waals surface area contributed by atoms with Gasteiger partial charge >= 0.3 is 0 Å². The lowest BCUT2D eigenvalue weighted by atomic mass is 9.75. The minimum absolute atomic E-state index is 0.00229. The van der Waals surface area contributed by atoms with E-state index < -0.39 is 5.82 Å². The molecule has 2 unspecified atom stereocenters. The molecule has 0 amide bonds. The topological polar surface area (TPSA) is 62.2 Å². The number of hydrogen-bond donors (Lipinski definition) is 1. The van der Waals surface area contributed by atoms with E-state index >= 15 is 4.39 Å². The number of carbonyl (C=O) groups is 1. The number of phenolic OH excluding ortho intramolecular Hbond substituents is 1. The van der Waals surface area contributed by atoms with Crippen LogP contribution in [0.15, 0.2) is 72.8 Å². The lowest BCUT2D eigenvalue weighted by Crippen LogP contribution is -2.46. The van der Waals surface area contributed by atoms with E-state index in [1.807, 2.05) is 39.0 Å². The number of unbranched alkanes of at least 4 members (excludes halogenated alkanes) is 2. The van der Waals surface area contributed by atoms with Crippen LogP contribution in [0.1, 0.15) is 90.0 Å². The number of hydrogen-bond acceptors (Lipinski definition) is 6. The van der Waals surface area contributed by atoms with Gasteiger partial charge in [-0.05, 0) is 110 Å². The summed E-state index contributed by atoms with van der Waals surface area (Å²) in [6.07, 6.45) is 3.74. The van der Waals surface area contributed by atoms with Gasteiger partial charge in [0.15, 0.2) is 17.3 Å². The Morgan fingerprint density at radius 3 is 2.43 bits per heavy atom. The fourth-order valence-electron chi connectivity index (χ4n) is 7.61. The molecule has 2 aliphatic heterocycles. The molecule has 0 aliphatic carbocycles. The molecule has 2 heterocycles. The van der Waals surface area contributed by atoms with E-state index in [0.29, 0.717) is 19.0 Å². The van der Waals surface area contributed by atoms with Crippen LogP contribution in [-0.2, 0) is 6.42 Å². The van der Waals surface area contributed by atoms with E-state index in [1.54, 1.807) is 24.3 Å². The fourth-order valence-corrected chi connectivity index (χ4v) is 7.61. The van der Waals surface area contributed by atoms with Gasteiger partial charge in [0.25, 0.3) is 0 Å². The number of piperazine rings is 1. The molecule has 6 nitrogen and oxygen atoms in total. The van der Waals surface area contributed by atoms with Crippen LogP contribution >= 0.6 is 0 Å². The highest BCUT2D eigenvalue weighted by atomic mass is 19.1. The molecule has 1 N–H and O–H groups in total. The Labute approximate surface area is 301 Å². The Hall–Kier alpha value is -4.43. The molecule has 1 fully saturated rings. The molecule has 0 aromatic heterocycles. The van der Waals surface area contributed by atoms with Crippen LogP contribution in [0.2, 0.25) is 0 Å². The third kappa shape index (κ3) is 8.39. The normalized spacial score (nSPS) is 17.7. The number of rotatable bonds is 13. The van der Waals surface area contributed by atoms with Crippen LogP contribution in [-0.4, -0.2) is 61.7 Å². The zero-order chi connectivity index (χ0) is 36.1. The van der Waals surface area contributed by atoms with Crippen molar-refractivity contribution >= 4 is 11.5 Å². The maximum Gasteiger partial charge on any atom is 0.165 e. The van der Waals surface area contributed by atoms with Crippen LogP contribution < -0.4 is 14.4 Å². The molecule has 51 heavy (non-hydrogen) atoms. The highest BCUT2D eigenvalue weighted by Crippen LogP contribution is 2.48. The molecule has 0 radical (unpaired) electrons. The summed E-state index contributed by atoms with van der Waals surface area (Å²) in [5.74, 6) is -0.0273. The van der Waals surface area contributed by atoms with Gasteiger partial charge in [-0.3, -0.25) is 9.69 Å². The molecule has 4 aromatic rings. The first-order valence-corrected chi connectivity index (χ1v) is 18.4. The molecule has 2 atom stereocenters. The molecule has 4 aromatic carbocycles. The largest absolute Gasteiger partial charge is 0.508 e. The van der Waals surface area contributed by atoms with Gasteiger partial charge in [0.05, 0.1) is 13.2 Å². The van der Waals surface area contributed by atoms with Gasteiger partial charge in [-0.25, -0.2) is 8.78 Å². The summed E-state index contributed by atoms with van der Waals surface area (Å²) in [4.78, 5) is 17.5. The maximum atomic E-state index is 15.5. The van der Waals surface area contributed by atoms with Crippen molar-refractivity contribution in [3.63, 3.8) is 0 Å². The predicted molar refractivity (Wildman–Crippen MR) is 199 cm³/mol. The number of fused-ring (bicyclic) bond motifs is 1. The number of nitrogens with zero attached hydrogens (tertiary/aromatic N) is 2. The van der Waals surface area contributed by atoms with Crippen LogP contribution in [0.3, 0.4) is 0 Å². The van der Waals surface area contributed by atoms with Crippen molar-refractivity contribution in [1.82, 2.24) is 4.90 Å². The third-order valence-corrected chi connectivity index (χ3v) is 10.5. The summed E-state index contributed by atoms with van der Waals surface area (Å²) in [6, 6.07) is 21.2. The number of phenols is 1. The maximum absolute atomic E-state index is 15.5. The summed E-state index contributed by atoms with van der Waals surface area (Å²) in [7, 11) is 0. The third-order valence-electron chi connectivity index (χ3n) is 10.5. The lowest BCUT2D eigenvalue weighted by Gasteiger charge is -2.36. The fraction of sp³-hybridized carbons (Fsp3) is 0.419. The number of aryl methyl sites for hydroxylation is 2. The van der Waals surface area contributed by atoms with Gasteiger partial charge in [-0.1, -0.05) is 39.0 Å². The summed E-state index contributed by atoms with van der Waals surface area (Å²) in [6.45, 7) is 13.6. The minimum Gasteiger partial charge on any atom is -0.508 e. The number of Topliss-reactive ketones (excluding diaryl/α,β-unsaturated/α-hetero) is 1. The summed E-state index contributed by atoms with van der Waals surface area (Å²) < 4.78 is 41.5. The monoisotopic (exact) mass is 696 g/mol. The van der Waals surface area contributed by atoms with Crippen LogP contribution in [0.5, 0.6) is 17.2 Å². The van der Waals surface area contributed by atoms with E-state index in [0.717, 1.165) is 91.8 Å². The number of ether oxygens (including phenoxy) is 2. The number of halogens is 2. The standard InChI is InChI=1S/C43H50F2N2O4/c1-5-30-24-33(11-14-36(30)43(49)28(2)3)47-20-18-46(19-21-47)17-7-6-8-22-50-40-16-9-31(25-39(40)45)42-37-15-12-34(48)26-41(37)51-27-38(42)35-13-10-32(44)23-29(35)4/h9-16,23-26,28,38,42,48H,5-8,17-22,27H2,1-4H3. The highest BCUT2D eigenvalue weighted by Gasteiger charge is 2.35. The number of anilines is 1. The van der Waals surface area contributed by atoms with E-state index in [4.69, 9.17) is 9.47 Å². The molecule has 0 saturated carbocycles. The second kappa shape index (κ2) is 16.3. The molecule has 1 saturated heterocycles. The van der Waals surface area contributed by atoms with Crippen molar-refractivity contribution in [2.75, 3.05) is 50.8 Å². The first-order valence-electron chi connectivity index (χ1n) is 18.4. The Kier molecular flexibility index (Phi) is 11.6. The second-order valence-electron chi connectivity index (χ2n) is 14.3. The minimum atomic E-state index is -0.418. The van der Waals surface area contributed by atoms with Crippen molar-refractivity contribution < 1.29 is 28.2 Å². The first kappa shape index (κ1) is 36.4. The van der Waals surface area contributed by atoms with Crippen LogP contribution in [0.25, 0.3) is 0 Å². The first-order chi connectivity index (χ1) is 24.6. The van der Waals surface area contributed by atoms with Gasteiger partial charge in [-0.2, -0.15) is 0 Å². The Balaban J connectivity index is 0.990. The highest BCUT2D eigenvalue weighted by molar-refractivity contribution is 5.99. The summed E-state index contributed by atoms with van der Waals surface area (Å²) in [5, 5.41) is 10.1. The number of benzene rings is 4. The average Bonchev–Trinajstić information content (AvgIpc) is 3.12. The second-order valence-corrected chi connectivity index (χ2v) is 14.3. The Bertz CT molecular complexity index is 1840. The van der Waals surface area contributed by atoms with Gasteiger partial charge < -0.3 is 19.5 Å². The molecule has 270 valence electrons. The zero-order valence-electron chi connectivity index (χ0n) is 30.3. The van der Waals surface area contributed by atoms with Crippen molar-refractivity contribution in [2.45, 2.75) is 65.2 Å². The van der Waals surface area contributed by atoms with Crippen LogP contribution in [0.4, 0.5) is 14.5 Å². The molecule has 6 rings (SSSR count). The van der Waals surface area contributed by atoms with Gasteiger partial charge in [0.1, 0.15) is 17.3 Å². The van der Waals surface area contributed by atoms with E-state index in [-0.39, 0.29) is 40.9 Å².